The van der Waals surface area contributed by atoms with Gasteiger partial charge in [0.05, 0.1) is 13.2 Å². The van der Waals surface area contributed by atoms with Gasteiger partial charge < -0.3 is 38.3 Å². The predicted octanol–water partition coefficient (Wildman–Crippen LogP) is 6.50. The Balaban J connectivity index is 0.848. The lowest BCUT2D eigenvalue weighted by molar-refractivity contribution is 0.120. The van der Waals surface area contributed by atoms with Crippen LogP contribution in [0.2, 0.25) is 0 Å². The summed E-state index contributed by atoms with van der Waals surface area (Å²) in [5.41, 5.74) is 1.52. The molecule has 0 spiro atoms. The molecule has 0 aliphatic carbocycles. The molecular formula is C40H38N2O8. The molecule has 0 atom stereocenters. The smallest absolute Gasteiger partial charge is 0.197 e. The molecule has 1 saturated heterocycles. The van der Waals surface area contributed by atoms with Crippen molar-refractivity contribution in [1.82, 2.24) is 9.80 Å². The van der Waals surface area contributed by atoms with Crippen LogP contribution in [0.25, 0.3) is 44.6 Å². The second-order valence-corrected chi connectivity index (χ2v) is 12.4. The van der Waals surface area contributed by atoms with Gasteiger partial charge in [-0.15, -0.1) is 0 Å². The molecule has 10 heteroatoms. The van der Waals surface area contributed by atoms with E-state index in [0.29, 0.717) is 36.2 Å². The number of hydrogen-bond acceptors (Lipinski definition) is 10. The predicted molar refractivity (Wildman–Crippen MR) is 192 cm³/mol. The molecule has 0 unspecified atom stereocenters. The number of phenolic OH excluding ortho intramolecular Hbond substituents is 2. The number of ether oxygens (including phenoxy) is 2. The summed E-state index contributed by atoms with van der Waals surface area (Å²) >= 11 is 0. The van der Waals surface area contributed by atoms with Gasteiger partial charge >= 0.3 is 0 Å². The minimum Gasteiger partial charge on any atom is -0.507 e. The van der Waals surface area contributed by atoms with Crippen LogP contribution in [0.5, 0.6) is 23.0 Å². The largest absolute Gasteiger partial charge is 0.507 e. The highest BCUT2D eigenvalue weighted by atomic mass is 16.5. The van der Waals surface area contributed by atoms with Crippen LogP contribution in [-0.2, 0) is 0 Å². The quantitative estimate of drug-likeness (QED) is 0.139. The van der Waals surface area contributed by atoms with Crippen molar-refractivity contribution in [2.24, 2.45) is 0 Å². The highest BCUT2D eigenvalue weighted by molar-refractivity contribution is 5.87. The lowest BCUT2D eigenvalue weighted by Crippen LogP contribution is -2.47. The SMILES string of the molecule is O=c1cc(-c2ccccc2)oc2cc(OCCCN3CCN(CCCOc4cc(O)c5c(=O)cc(-c6ccccc6)oc5c4)CC3)cc(O)c12. The van der Waals surface area contributed by atoms with E-state index >= 15 is 0 Å². The van der Waals surface area contributed by atoms with E-state index in [1.165, 1.54) is 24.3 Å². The van der Waals surface area contributed by atoms with E-state index < -0.39 is 0 Å². The molecule has 10 nitrogen and oxygen atoms in total. The van der Waals surface area contributed by atoms with Crippen LogP contribution in [0, 0.1) is 0 Å². The number of phenols is 2. The number of nitrogens with zero attached hydrogens (tertiary/aromatic N) is 2. The molecule has 2 N–H and O–H groups in total. The fourth-order valence-corrected chi connectivity index (χ4v) is 6.34. The molecular weight excluding hydrogens is 636 g/mol. The zero-order valence-electron chi connectivity index (χ0n) is 27.5. The van der Waals surface area contributed by atoms with Crippen molar-refractivity contribution in [3.63, 3.8) is 0 Å². The van der Waals surface area contributed by atoms with Gasteiger partial charge in [0.1, 0.15) is 56.5 Å². The average Bonchev–Trinajstić information content (AvgIpc) is 3.12. The molecule has 50 heavy (non-hydrogen) atoms. The van der Waals surface area contributed by atoms with Crippen LogP contribution in [0.4, 0.5) is 0 Å². The molecule has 1 aliphatic rings. The summed E-state index contributed by atoms with van der Waals surface area (Å²) in [7, 11) is 0. The van der Waals surface area contributed by atoms with E-state index in [4.69, 9.17) is 18.3 Å². The van der Waals surface area contributed by atoms with Crippen molar-refractivity contribution in [2.75, 3.05) is 52.5 Å². The summed E-state index contributed by atoms with van der Waals surface area (Å²) in [5, 5.41) is 21.3. The summed E-state index contributed by atoms with van der Waals surface area (Å²) in [6, 6.07) is 27.8. The fraction of sp³-hybridized carbons (Fsp3) is 0.250. The molecule has 3 heterocycles. The Hall–Kier alpha value is -5.58. The Labute approximate surface area is 288 Å². The maximum atomic E-state index is 12.7. The number of benzene rings is 4. The van der Waals surface area contributed by atoms with Gasteiger partial charge in [-0.3, -0.25) is 9.59 Å². The van der Waals surface area contributed by atoms with E-state index in [0.717, 1.165) is 63.2 Å². The van der Waals surface area contributed by atoms with Gasteiger partial charge in [0, 0.05) is 86.8 Å². The van der Waals surface area contributed by atoms with Crippen LogP contribution < -0.4 is 20.3 Å². The van der Waals surface area contributed by atoms with E-state index in [2.05, 4.69) is 9.80 Å². The Morgan fingerprint density at radius 3 is 1.36 bits per heavy atom. The third-order valence-electron chi connectivity index (χ3n) is 8.92. The zero-order chi connectivity index (χ0) is 34.5. The summed E-state index contributed by atoms with van der Waals surface area (Å²) in [6.07, 6.45) is 1.62. The Morgan fingerprint density at radius 2 is 0.960 bits per heavy atom. The van der Waals surface area contributed by atoms with E-state index in [1.807, 2.05) is 60.7 Å². The monoisotopic (exact) mass is 674 g/mol. The van der Waals surface area contributed by atoms with Crippen LogP contribution in [0.15, 0.2) is 115 Å². The van der Waals surface area contributed by atoms with Gasteiger partial charge in [0.25, 0.3) is 0 Å². The molecule has 7 rings (SSSR count). The van der Waals surface area contributed by atoms with Gasteiger partial charge in [0.15, 0.2) is 10.9 Å². The normalized spacial score (nSPS) is 13.9. The van der Waals surface area contributed by atoms with Crippen molar-refractivity contribution in [1.29, 1.82) is 0 Å². The first-order chi connectivity index (χ1) is 24.4. The summed E-state index contributed by atoms with van der Waals surface area (Å²) < 4.78 is 23.8. The molecule has 1 aliphatic heterocycles. The fourth-order valence-electron chi connectivity index (χ4n) is 6.34. The zero-order valence-corrected chi connectivity index (χ0v) is 27.5. The lowest BCUT2D eigenvalue weighted by atomic mass is 10.1. The second-order valence-electron chi connectivity index (χ2n) is 12.4. The number of fused-ring (bicyclic) bond motifs is 2. The second kappa shape index (κ2) is 14.9. The van der Waals surface area contributed by atoms with Crippen molar-refractivity contribution >= 4 is 21.9 Å². The van der Waals surface area contributed by atoms with Crippen LogP contribution in [-0.4, -0.2) is 72.5 Å². The highest BCUT2D eigenvalue weighted by Crippen LogP contribution is 2.32. The van der Waals surface area contributed by atoms with E-state index in [1.54, 1.807) is 12.1 Å². The summed E-state index contributed by atoms with van der Waals surface area (Å²) in [4.78, 5) is 30.2. The van der Waals surface area contributed by atoms with E-state index in [-0.39, 0.29) is 44.3 Å². The molecule has 1 fully saturated rings. The number of rotatable bonds is 12. The standard InChI is InChI=1S/C40H38N2O8/c43-31-21-29(23-37-39(31)33(45)25-35(49-37)27-9-3-1-4-10-27)47-19-7-13-41-15-17-42(18-16-41)14-8-20-48-30-22-32(44)40-34(46)26-36(50-38(40)24-30)28-11-5-2-6-12-28/h1-6,9-12,21-26,43-44H,7-8,13-20H2. The molecule has 4 aromatic carbocycles. The van der Waals surface area contributed by atoms with Gasteiger partial charge in [-0.1, -0.05) is 60.7 Å². The third-order valence-corrected chi connectivity index (χ3v) is 8.92. The van der Waals surface area contributed by atoms with Gasteiger partial charge in [-0.25, -0.2) is 0 Å². The van der Waals surface area contributed by atoms with Crippen LogP contribution in [0.1, 0.15) is 12.8 Å². The van der Waals surface area contributed by atoms with Gasteiger partial charge in [0.2, 0.25) is 0 Å². The molecule has 0 amide bonds. The van der Waals surface area contributed by atoms with Crippen LogP contribution in [0.3, 0.4) is 0 Å². The molecule has 2 aromatic heterocycles. The molecule has 0 radical (unpaired) electrons. The average molecular weight is 675 g/mol. The first-order valence-corrected chi connectivity index (χ1v) is 16.8. The minimum atomic E-state index is -0.306. The summed E-state index contributed by atoms with van der Waals surface area (Å²) in [6.45, 7) is 6.50. The van der Waals surface area contributed by atoms with Crippen LogP contribution >= 0.6 is 0 Å². The summed E-state index contributed by atoms with van der Waals surface area (Å²) in [5.74, 6) is 1.46. The van der Waals surface area contributed by atoms with Crippen molar-refractivity contribution in [3.8, 4) is 45.6 Å². The number of aromatic hydroxyl groups is 2. The van der Waals surface area contributed by atoms with Gasteiger partial charge in [-0.05, 0) is 12.8 Å². The van der Waals surface area contributed by atoms with E-state index in [9.17, 15) is 19.8 Å². The Bertz CT molecular complexity index is 2050. The lowest BCUT2D eigenvalue weighted by Gasteiger charge is -2.34. The first-order valence-electron chi connectivity index (χ1n) is 16.8. The molecule has 6 aromatic rings. The molecule has 0 saturated carbocycles. The number of piperazine rings is 1. The van der Waals surface area contributed by atoms with Crippen molar-refractivity contribution in [3.05, 3.63) is 118 Å². The number of hydrogen-bond donors (Lipinski definition) is 2. The van der Waals surface area contributed by atoms with Gasteiger partial charge in [-0.2, -0.15) is 0 Å². The Morgan fingerprint density at radius 1 is 0.560 bits per heavy atom. The first kappa shape index (κ1) is 32.9. The minimum absolute atomic E-state index is 0.141. The maximum absolute atomic E-state index is 12.7. The maximum Gasteiger partial charge on any atom is 0.197 e. The topological polar surface area (TPSA) is 126 Å². The molecule has 256 valence electrons. The Kier molecular flexibility index (Phi) is 9.82. The van der Waals surface area contributed by atoms with Crippen molar-refractivity contribution in [2.45, 2.75) is 12.8 Å². The molecule has 0 bridgehead atoms. The highest BCUT2D eigenvalue weighted by Gasteiger charge is 2.18. The third kappa shape index (κ3) is 7.51. The van der Waals surface area contributed by atoms with Crippen molar-refractivity contribution < 1.29 is 28.5 Å².